The van der Waals surface area contributed by atoms with E-state index in [1.54, 1.807) is 0 Å². The predicted molar refractivity (Wildman–Crippen MR) is 71.2 cm³/mol. The highest BCUT2D eigenvalue weighted by atomic mass is 35.5. The number of hydrogen-bond donors (Lipinski definition) is 1. The highest BCUT2D eigenvalue weighted by Crippen LogP contribution is 2.21. The minimum atomic E-state index is 0.259. The smallest absolute Gasteiger partial charge is 0.224 e. The van der Waals surface area contributed by atoms with Crippen LogP contribution in [0.5, 0.6) is 0 Å². The second kappa shape index (κ2) is 5.15. The van der Waals surface area contributed by atoms with Gasteiger partial charge in [0.25, 0.3) is 0 Å². The molecule has 0 atom stereocenters. The molecule has 0 spiro atoms. The molecular formula is C13H14ClN3. The van der Waals surface area contributed by atoms with Crippen LogP contribution in [0.4, 0.5) is 5.82 Å². The number of hydrogen-bond acceptors (Lipinski definition) is 3. The standard InChI is InChI=1S/C13H14ClN3/c1-9(2)15-12-8-11(16-13(14)17-12)10-6-4-3-5-7-10/h3-9H,1-2H3,(H,15,16,17). The van der Waals surface area contributed by atoms with Gasteiger partial charge in [0, 0.05) is 17.7 Å². The summed E-state index contributed by atoms with van der Waals surface area (Å²) in [6.45, 7) is 4.11. The van der Waals surface area contributed by atoms with Crippen molar-refractivity contribution in [3.63, 3.8) is 0 Å². The lowest BCUT2D eigenvalue weighted by Crippen LogP contribution is -2.11. The molecule has 0 saturated heterocycles. The zero-order valence-electron chi connectivity index (χ0n) is 9.81. The van der Waals surface area contributed by atoms with Gasteiger partial charge in [-0.3, -0.25) is 0 Å². The van der Waals surface area contributed by atoms with E-state index in [1.165, 1.54) is 0 Å². The molecule has 1 N–H and O–H groups in total. The van der Waals surface area contributed by atoms with Gasteiger partial charge in [0.05, 0.1) is 5.69 Å². The summed E-state index contributed by atoms with van der Waals surface area (Å²) >= 11 is 5.92. The van der Waals surface area contributed by atoms with Gasteiger partial charge in [-0.05, 0) is 25.4 Å². The molecule has 2 rings (SSSR count). The molecule has 3 nitrogen and oxygen atoms in total. The summed E-state index contributed by atoms with van der Waals surface area (Å²) in [6.07, 6.45) is 0. The lowest BCUT2D eigenvalue weighted by atomic mass is 10.1. The SMILES string of the molecule is CC(C)Nc1cc(-c2ccccc2)nc(Cl)n1. The molecule has 4 heteroatoms. The van der Waals surface area contributed by atoms with Crippen LogP contribution >= 0.6 is 11.6 Å². The maximum Gasteiger partial charge on any atom is 0.224 e. The monoisotopic (exact) mass is 247 g/mol. The Morgan fingerprint density at radius 2 is 1.82 bits per heavy atom. The molecule has 17 heavy (non-hydrogen) atoms. The molecule has 0 aliphatic heterocycles. The van der Waals surface area contributed by atoms with Crippen LogP contribution < -0.4 is 5.32 Å². The van der Waals surface area contributed by atoms with E-state index in [2.05, 4.69) is 29.1 Å². The van der Waals surface area contributed by atoms with Crippen LogP contribution in [0, 0.1) is 0 Å². The Labute approximate surface area is 106 Å². The quantitative estimate of drug-likeness (QED) is 0.842. The lowest BCUT2D eigenvalue weighted by molar-refractivity contribution is 0.886. The number of nitrogens with zero attached hydrogens (tertiary/aromatic N) is 2. The third-order valence-corrected chi connectivity index (χ3v) is 2.37. The Morgan fingerprint density at radius 1 is 1.12 bits per heavy atom. The summed E-state index contributed by atoms with van der Waals surface area (Å²) in [5.74, 6) is 0.749. The van der Waals surface area contributed by atoms with Crippen LogP contribution in [0.15, 0.2) is 36.4 Å². The first kappa shape index (κ1) is 11.9. The number of rotatable bonds is 3. The van der Waals surface area contributed by atoms with Crippen molar-refractivity contribution < 1.29 is 0 Å². The normalized spacial score (nSPS) is 10.6. The van der Waals surface area contributed by atoms with Crippen molar-refractivity contribution >= 4 is 17.4 Å². The summed E-state index contributed by atoms with van der Waals surface area (Å²) in [6, 6.07) is 12.1. The Hall–Kier alpha value is -1.61. The van der Waals surface area contributed by atoms with Gasteiger partial charge in [-0.1, -0.05) is 30.3 Å². The average Bonchev–Trinajstić information content (AvgIpc) is 2.28. The zero-order valence-corrected chi connectivity index (χ0v) is 10.6. The molecule has 0 aliphatic carbocycles. The van der Waals surface area contributed by atoms with Crippen LogP contribution in [-0.2, 0) is 0 Å². The molecule has 0 fully saturated rings. The molecule has 1 heterocycles. The van der Waals surface area contributed by atoms with Gasteiger partial charge < -0.3 is 5.32 Å². The Balaban J connectivity index is 2.38. The van der Waals surface area contributed by atoms with Gasteiger partial charge >= 0.3 is 0 Å². The maximum atomic E-state index is 5.92. The van der Waals surface area contributed by atoms with E-state index in [0.717, 1.165) is 17.1 Å². The topological polar surface area (TPSA) is 37.8 Å². The number of nitrogens with one attached hydrogen (secondary N) is 1. The Bertz CT molecular complexity index is 497. The summed E-state index contributed by atoms with van der Waals surface area (Å²) in [5.41, 5.74) is 1.86. The Kier molecular flexibility index (Phi) is 3.59. The first-order chi connectivity index (χ1) is 8.15. The van der Waals surface area contributed by atoms with Gasteiger partial charge in [-0.15, -0.1) is 0 Å². The van der Waals surface area contributed by atoms with E-state index in [9.17, 15) is 0 Å². The second-order valence-corrected chi connectivity index (χ2v) is 4.41. The van der Waals surface area contributed by atoms with Gasteiger partial charge in [-0.25, -0.2) is 9.97 Å². The van der Waals surface area contributed by atoms with Crippen LogP contribution in [-0.4, -0.2) is 16.0 Å². The molecule has 0 radical (unpaired) electrons. The van der Waals surface area contributed by atoms with Crippen molar-refractivity contribution in [2.24, 2.45) is 0 Å². The molecule has 0 saturated carbocycles. The summed E-state index contributed by atoms with van der Waals surface area (Å²) in [4.78, 5) is 8.37. The highest BCUT2D eigenvalue weighted by Gasteiger charge is 2.05. The summed E-state index contributed by atoms with van der Waals surface area (Å²) < 4.78 is 0. The number of aromatic nitrogens is 2. The van der Waals surface area contributed by atoms with Crippen molar-refractivity contribution in [2.75, 3.05) is 5.32 Å². The molecule has 1 aromatic carbocycles. The molecular weight excluding hydrogens is 234 g/mol. The minimum Gasteiger partial charge on any atom is -0.368 e. The molecule has 88 valence electrons. The number of benzene rings is 1. The van der Waals surface area contributed by atoms with Gasteiger partial charge in [-0.2, -0.15) is 0 Å². The van der Waals surface area contributed by atoms with E-state index in [-0.39, 0.29) is 5.28 Å². The Morgan fingerprint density at radius 3 is 2.47 bits per heavy atom. The first-order valence-electron chi connectivity index (χ1n) is 5.51. The van der Waals surface area contributed by atoms with E-state index in [4.69, 9.17) is 11.6 Å². The fourth-order valence-corrected chi connectivity index (χ4v) is 1.73. The van der Waals surface area contributed by atoms with E-state index >= 15 is 0 Å². The van der Waals surface area contributed by atoms with E-state index < -0.39 is 0 Å². The third kappa shape index (κ3) is 3.17. The van der Waals surface area contributed by atoms with Crippen molar-refractivity contribution in [3.8, 4) is 11.3 Å². The largest absolute Gasteiger partial charge is 0.368 e. The van der Waals surface area contributed by atoms with Gasteiger partial charge in [0.2, 0.25) is 5.28 Å². The molecule has 0 aliphatic rings. The molecule has 2 aromatic rings. The first-order valence-corrected chi connectivity index (χ1v) is 5.89. The van der Waals surface area contributed by atoms with Crippen molar-refractivity contribution in [1.29, 1.82) is 0 Å². The summed E-state index contributed by atoms with van der Waals surface area (Å²) in [5, 5.41) is 3.48. The maximum absolute atomic E-state index is 5.92. The lowest BCUT2D eigenvalue weighted by Gasteiger charge is -2.10. The van der Waals surface area contributed by atoms with Gasteiger partial charge in [0.1, 0.15) is 5.82 Å². The molecule has 1 aromatic heterocycles. The predicted octanol–water partition coefficient (Wildman–Crippen LogP) is 3.62. The van der Waals surface area contributed by atoms with Gasteiger partial charge in [0.15, 0.2) is 0 Å². The highest BCUT2D eigenvalue weighted by molar-refractivity contribution is 6.28. The van der Waals surface area contributed by atoms with Crippen LogP contribution in [0.1, 0.15) is 13.8 Å². The van der Waals surface area contributed by atoms with Crippen molar-refractivity contribution in [2.45, 2.75) is 19.9 Å². The molecule has 0 bridgehead atoms. The molecule has 0 amide bonds. The number of halogens is 1. The molecule has 0 unspecified atom stereocenters. The van der Waals surface area contributed by atoms with Crippen LogP contribution in [0.25, 0.3) is 11.3 Å². The fraction of sp³-hybridized carbons (Fsp3) is 0.231. The fourth-order valence-electron chi connectivity index (χ4n) is 1.54. The van der Waals surface area contributed by atoms with Crippen molar-refractivity contribution in [3.05, 3.63) is 41.7 Å². The van der Waals surface area contributed by atoms with Crippen LogP contribution in [0.3, 0.4) is 0 Å². The summed E-state index contributed by atoms with van der Waals surface area (Å²) in [7, 11) is 0. The van der Waals surface area contributed by atoms with Crippen molar-refractivity contribution in [1.82, 2.24) is 9.97 Å². The average molecular weight is 248 g/mol. The van der Waals surface area contributed by atoms with Crippen LogP contribution in [0.2, 0.25) is 5.28 Å². The number of anilines is 1. The van der Waals surface area contributed by atoms with E-state index in [0.29, 0.717) is 6.04 Å². The zero-order chi connectivity index (χ0) is 12.3. The second-order valence-electron chi connectivity index (χ2n) is 4.07. The third-order valence-electron chi connectivity index (χ3n) is 2.20. The minimum absolute atomic E-state index is 0.259. The van der Waals surface area contributed by atoms with E-state index in [1.807, 2.05) is 36.4 Å².